The van der Waals surface area contributed by atoms with Crippen molar-refractivity contribution in [3.8, 4) is 0 Å². The lowest BCUT2D eigenvalue weighted by Crippen LogP contribution is -2.39. The van der Waals surface area contributed by atoms with Crippen molar-refractivity contribution in [2.45, 2.75) is 39.3 Å². The van der Waals surface area contributed by atoms with Crippen LogP contribution in [0.15, 0.2) is 0 Å². The van der Waals surface area contributed by atoms with Gasteiger partial charge in [-0.25, -0.2) is 4.98 Å². The molecule has 0 amide bonds. The van der Waals surface area contributed by atoms with Crippen LogP contribution in [0.3, 0.4) is 0 Å². The molecule has 0 radical (unpaired) electrons. The van der Waals surface area contributed by atoms with Crippen molar-refractivity contribution in [2.24, 2.45) is 0 Å². The van der Waals surface area contributed by atoms with Crippen LogP contribution in [0.4, 0.5) is 5.13 Å². The van der Waals surface area contributed by atoms with Crippen molar-refractivity contribution in [2.75, 3.05) is 31.6 Å². The van der Waals surface area contributed by atoms with Crippen LogP contribution in [-0.2, 0) is 11.3 Å². The number of anilines is 1. The number of aromatic nitrogens is 1. The summed E-state index contributed by atoms with van der Waals surface area (Å²) >= 11 is 1.81. The van der Waals surface area contributed by atoms with Crippen LogP contribution in [-0.4, -0.2) is 37.8 Å². The third kappa shape index (κ3) is 3.22. The molecule has 1 atom stereocenters. The molecule has 0 aromatic carbocycles. The van der Waals surface area contributed by atoms with E-state index in [1.165, 1.54) is 17.7 Å². The molecule has 0 spiro atoms. The number of hydrogen-bond donors (Lipinski definition) is 1. The van der Waals surface area contributed by atoms with Crippen LogP contribution < -0.4 is 10.2 Å². The van der Waals surface area contributed by atoms with E-state index in [0.717, 1.165) is 37.1 Å². The standard InChI is InChI=1S/C13H23N3OS/c1-4-17-11-6-5-7-16(9-11)13-15-10(2)12(18-13)8-14-3/h11,14H,4-9H2,1-3H3. The lowest BCUT2D eigenvalue weighted by Gasteiger charge is -2.32. The molecule has 1 aliphatic rings. The summed E-state index contributed by atoms with van der Waals surface area (Å²) in [6.45, 7) is 7.97. The number of nitrogens with one attached hydrogen (secondary N) is 1. The lowest BCUT2D eigenvalue weighted by molar-refractivity contribution is 0.0526. The Hall–Kier alpha value is -0.650. The Balaban J connectivity index is 2.03. The smallest absolute Gasteiger partial charge is 0.185 e. The van der Waals surface area contributed by atoms with Crippen LogP contribution in [0.5, 0.6) is 0 Å². The van der Waals surface area contributed by atoms with Crippen LogP contribution in [0, 0.1) is 6.92 Å². The maximum Gasteiger partial charge on any atom is 0.185 e. The number of piperidine rings is 1. The molecular weight excluding hydrogens is 246 g/mol. The molecule has 1 aliphatic heterocycles. The molecule has 0 saturated carbocycles. The van der Waals surface area contributed by atoms with E-state index in [1.807, 2.05) is 18.4 Å². The van der Waals surface area contributed by atoms with Crippen molar-refractivity contribution in [1.82, 2.24) is 10.3 Å². The van der Waals surface area contributed by atoms with Gasteiger partial charge >= 0.3 is 0 Å². The van der Waals surface area contributed by atoms with Gasteiger partial charge in [0.2, 0.25) is 0 Å². The fourth-order valence-electron chi connectivity index (χ4n) is 2.36. The zero-order chi connectivity index (χ0) is 13.0. The van der Waals surface area contributed by atoms with Gasteiger partial charge in [0.05, 0.1) is 11.8 Å². The quantitative estimate of drug-likeness (QED) is 0.889. The van der Waals surface area contributed by atoms with Gasteiger partial charge in [-0.3, -0.25) is 0 Å². The Kier molecular flexibility index (Phi) is 4.97. The van der Waals surface area contributed by atoms with Gasteiger partial charge in [-0.1, -0.05) is 0 Å². The molecule has 1 N–H and O–H groups in total. The van der Waals surface area contributed by atoms with Crippen molar-refractivity contribution < 1.29 is 4.74 Å². The van der Waals surface area contributed by atoms with Gasteiger partial charge in [0.15, 0.2) is 5.13 Å². The summed E-state index contributed by atoms with van der Waals surface area (Å²) < 4.78 is 5.74. The first-order chi connectivity index (χ1) is 8.74. The maximum atomic E-state index is 5.74. The molecule has 2 heterocycles. The summed E-state index contributed by atoms with van der Waals surface area (Å²) in [7, 11) is 1.98. The summed E-state index contributed by atoms with van der Waals surface area (Å²) in [6.07, 6.45) is 2.75. The first-order valence-electron chi connectivity index (χ1n) is 6.72. The molecule has 102 valence electrons. The molecule has 1 fully saturated rings. The van der Waals surface area contributed by atoms with Gasteiger partial charge < -0.3 is 15.0 Å². The summed E-state index contributed by atoms with van der Waals surface area (Å²) in [4.78, 5) is 8.41. The topological polar surface area (TPSA) is 37.4 Å². The highest BCUT2D eigenvalue weighted by atomic mass is 32.1. The van der Waals surface area contributed by atoms with E-state index in [9.17, 15) is 0 Å². The average molecular weight is 269 g/mol. The molecule has 4 nitrogen and oxygen atoms in total. The van der Waals surface area contributed by atoms with Gasteiger partial charge in [0, 0.05) is 31.1 Å². The van der Waals surface area contributed by atoms with Crippen molar-refractivity contribution in [3.63, 3.8) is 0 Å². The minimum atomic E-state index is 0.376. The zero-order valence-corrected chi connectivity index (χ0v) is 12.3. The highest BCUT2D eigenvalue weighted by Gasteiger charge is 2.22. The van der Waals surface area contributed by atoms with Gasteiger partial charge in [-0.2, -0.15) is 0 Å². The summed E-state index contributed by atoms with van der Waals surface area (Å²) in [5, 5.41) is 4.35. The fraction of sp³-hybridized carbons (Fsp3) is 0.769. The average Bonchev–Trinajstić information content (AvgIpc) is 2.73. The monoisotopic (exact) mass is 269 g/mol. The summed E-state index contributed by atoms with van der Waals surface area (Å²) in [6, 6.07) is 0. The van der Waals surface area contributed by atoms with E-state index in [2.05, 4.69) is 24.1 Å². The zero-order valence-electron chi connectivity index (χ0n) is 11.5. The minimum Gasteiger partial charge on any atom is -0.377 e. The second-order valence-corrected chi connectivity index (χ2v) is 5.76. The molecule has 1 unspecified atom stereocenters. The number of nitrogens with zero attached hydrogens (tertiary/aromatic N) is 2. The third-order valence-corrected chi connectivity index (χ3v) is 4.49. The first kappa shape index (κ1) is 13.8. The molecule has 2 rings (SSSR count). The highest BCUT2D eigenvalue weighted by molar-refractivity contribution is 7.15. The predicted molar refractivity (Wildman–Crippen MR) is 76.5 cm³/mol. The van der Waals surface area contributed by atoms with Crippen LogP contribution in [0.2, 0.25) is 0 Å². The first-order valence-corrected chi connectivity index (χ1v) is 7.53. The van der Waals surface area contributed by atoms with Gasteiger partial charge in [-0.15, -0.1) is 11.3 Å². The molecule has 1 aromatic rings. The molecule has 0 aliphatic carbocycles. The Labute approximate surface area is 113 Å². The fourth-order valence-corrected chi connectivity index (χ4v) is 3.46. The predicted octanol–water partition coefficient (Wildman–Crippen LogP) is 2.18. The van der Waals surface area contributed by atoms with Crippen LogP contribution in [0.25, 0.3) is 0 Å². The van der Waals surface area contributed by atoms with E-state index in [0.29, 0.717) is 6.10 Å². The summed E-state index contributed by atoms with van der Waals surface area (Å²) in [5.41, 5.74) is 1.16. The lowest BCUT2D eigenvalue weighted by atomic mass is 10.1. The molecule has 1 aromatic heterocycles. The number of aryl methyl sites for hydroxylation is 1. The Morgan fingerprint density at radius 2 is 2.39 bits per heavy atom. The molecule has 18 heavy (non-hydrogen) atoms. The van der Waals surface area contributed by atoms with E-state index in [1.54, 1.807) is 0 Å². The van der Waals surface area contributed by atoms with Gasteiger partial charge in [0.1, 0.15) is 0 Å². The molecule has 5 heteroatoms. The van der Waals surface area contributed by atoms with Crippen LogP contribution >= 0.6 is 11.3 Å². The highest BCUT2D eigenvalue weighted by Crippen LogP contribution is 2.28. The van der Waals surface area contributed by atoms with Crippen LogP contribution in [0.1, 0.15) is 30.3 Å². The number of ether oxygens (including phenoxy) is 1. The summed E-state index contributed by atoms with van der Waals surface area (Å²) in [5.74, 6) is 0. The van der Waals surface area contributed by atoms with Gasteiger partial charge in [0.25, 0.3) is 0 Å². The van der Waals surface area contributed by atoms with E-state index in [4.69, 9.17) is 9.72 Å². The van der Waals surface area contributed by atoms with Crippen molar-refractivity contribution in [1.29, 1.82) is 0 Å². The van der Waals surface area contributed by atoms with E-state index in [-0.39, 0.29) is 0 Å². The Bertz CT molecular complexity index is 378. The largest absolute Gasteiger partial charge is 0.377 e. The van der Waals surface area contributed by atoms with E-state index >= 15 is 0 Å². The Morgan fingerprint density at radius 1 is 1.56 bits per heavy atom. The molecule has 1 saturated heterocycles. The maximum absolute atomic E-state index is 5.74. The SMILES string of the molecule is CCOC1CCCN(c2nc(C)c(CNC)s2)C1. The normalized spacial score (nSPS) is 20.4. The second kappa shape index (κ2) is 6.50. The third-order valence-electron chi connectivity index (χ3n) is 3.27. The molecular formula is C13H23N3OS. The Morgan fingerprint density at radius 3 is 3.11 bits per heavy atom. The second-order valence-electron chi connectivity index (χ2n) is 4.70. The number of rotatable bonds is 5. The number of hydrogen-bond acceptors (Lipinski definition) is 5. The number of thiazole rings is 1. The molecule has 0 bridgehead atoms. The van der Waals surface area contributed by atoms with E-state index < -0.39 is 0 Å². The van der Waals surface area contributed by atoms with Gasteiger partial charge in [-0.05, 0) is 33.7 Å². The minimum absolute atomic E-state index is 0.376. The van der Waals surface area contributed by atoms with Crippen molar-refractivity contribution in [3.05, 3.63) is 10.6 Å². The van der Waals surface area contributed by atoms with Crippen molar-refractivity contribution >= 4 is 16.5 Å².